The Hall–Kier alpha value is -17.6. The van der Waals surface area contributed by atoms with Crippen LogP contribution in [0.15, 0.2) is 103 Å². The molecule has 11 atom stereocenters. The van der Waals surface area contributed by atoms with E-state index in [1.54, 1.807) is 0 Å². The predicted octanol–water partition coefficient (Wildman–Crippen LogP) is 11.7. The van der Waals surface area contributed by atoms with Crippen LogP contribution in [-0.4, -0.2) is 144 Å². The number of rotatable bonds is 27. The zero-order valence-corrected chi connectivity index (χ0v) is 80.3. The van der Waals surface area contributed by atoms with Crippen molar-refractivity contribution in [1.29, 1.82) is 0 Å². The fourth-order valence-electron chi connectivity index (χ4n) is 17.0. The lowest BCUT2D eigenvalue weighted by Crippen LogP contribution is -2.43. The van der Waals surface area contributed by atoms with E-state index in [4.69, 9.17) is 114 Å². The molecule has 0 unspecified atom stereocenters. The third-order valence-corrected chi connectivity index (χ3v) is 20.9. The van der Waals surface area contributed by atoms with Crippen LogP contribution in [0.5, 0.6) is 115 Å². The first-order valence-corrected chi connectivity index (χ1v) is 43.5. The monoisotopic (exact) mass is 1990 g/mol. The number of hydrogen-bond donors (Lipinski definition) is 0. The third kappa shape index (κ3) is 24.4. The van der Waals surface area contributed by atoms with Crippen LogP contribution in [0.4, 0.5) is 0 Å². The Kier molecular flexibility index (Phi) is 32.0. The maximum atomic E-state index is 15.2. The molecule has 0 aliphatic carbocycles. The molecule has 4 aliphatic heterocycles. The minimum Gasteiger partial charge on any atom is -0.481 e. The van der Waals surface area contributed by atoms with Crippen molar-refractivity contribution < 1.29 is 210 Å². The minimum atomic E-state index is -2.50. The molecule has 4 aliphatic rings. The number of benzene rings is 8. The van der Waals surface area contributed by atoms with Crippen molar-refractivity contribution in [1.82, 2.24) is 0 Å². The van der Waals surface area contributed by atoms with Gasteiger partial charge in [0.15, 0.2) is 88.7 Å². The van der Waals surface area contributed by atoms with Crippen LogP contribution >= 0.6 is 0 Å². The fraction of sp³-hybridized carbons (Fsp3) is 0.320. The third-order valence-electron chi connectivity index (χ3n) is 20.9. The number of carbonyl (C=O) groups excluding carboxylic acids is 20. The maximum Gasteiger partial charge on any atom is 0.308 e. The molecular weight excluding hydrogens is 1910 g/mol. The summed E-state index contributed by atoms with van der Waals surface area (Å²) in [5, 5.41) is 0. The van der Waals surface area contributed by atoms with E-state index in [9.17, 15) is 91.1 Å². The average molecular weight is 2000 g/mol. The van der Waals surface area contributed by atoms with Crippen LogP contribution in [0.3, 0.4) is 0 Å². The summed E-state index contributed by atoms with van der Waals surface area (Å²) >= 11 is 0. The largest absolute Gasteiger partial charge is 0.481 e. The second-order valence-electron chi connectivity index (χ2n) is 32.5. The van der Waals surface area contributed by atoms with E-state index in [0.29, 0.717) is 0 Å². The second kappa shape index (κ2) is 43.8. The van der Waals surface area contributed by atoms with E-state index in [0.717, 1.165) is 229 Å². The first-order chi connectivity index (χ1) is 67.8. The number of ether oxygens (including phenoxy) is 24. The van der Waals surface area contributed by atoms with Gasteiger partial charge in [0.2, 0.25) is 0 Å². The summed E-state index contributed by atoms with van der Waals surface area (Å²) in [4.78, 5) is 278. The van der Waals surface area contributed by atoms with Crippen molar-refractivity contribution in [3.8, 4) is 115 Å². The molecule has 0 aromatic heterocycles. The SMILES string of the molecule is CC(=O)Oc1cc(OC(C)=O)c2c(c1)O[C@H](c1ccc(OC(C)=O)c(OC(C)=O)c1)[C@H](OC(C)=O)[C@H]2c1c(OC(C)=O)cc(OC(C)=O)c2c1O[C@H](c1ccc(OC(C)=O)c(OC(C)=O)c1)[C@H](OC(C)=O)[C@H]2c1c(OC(C)=O)cc(OC(C)=O)c2c1O[C@H](c1ccc(OC(C)=O)c(OC(C)=O)c1)[C@H](OC(C)=O)[C@H]2c1c(OC(C)=O)cc(OC(C)=O)c2c1O[C@H](c1ccc(OC(C)=O)c(OC(C)=O)c1)[C@H](OC(C)=O)C2. The van der Waals surface area contributed by atoms with Gasteiger partial charge in [0.1, 0.15) is 75.1 Å². The van der Waals surface area contributed by atoms with Crippen molar-refractivity contribution >= 4 is 119 Å². The van der Waals surface area contributed by atoms with E-state index in [-0.39, 0.29) is 33.6 Å². The van der Waals surface area contributed by atoms with Crippen LogP contribution in [0.25, 0.3) is 0 Å². The Morgan fingerprint density at radius 2 is 0.424 bits per heavy atom. The summed E-state index contributed by atoms with van der Waals surface area (Å²) in [6.07, 6.45) is -17.7. The van der Waals surface area contributed by atoms with Gasteiger partial charge in [-0.2, -0.15) is 0 Å². The Balaban J connectivity index is 1.40. The predicted molar refractivity (Wildman–Crippen MR) is 477 cm³/mol. The van der Waals surface area contributed by atoms with Crippen molar-refractivity contribution in [3.05, 3.63) is 164 Å². The van der Waals surface area contributed by atoms with E-state index < -0.39 is 335 Å². The van der Waals surface area contributed by atoms with Crippen LogP contribution in [0, 0.1) is 0 Å². The standard InChI is InChI=1S/C100H90O44/c1-39(101)121-63-33-74(131-49(11)111)82-75(34-63)141-92(60-22-26-66(123-41(3)103)71(30-60)128-46(8)108)98(138-56(18)118)88(82)84-77(133-51(13)113)37-79(135-53(15)115)86-90(100(140-58(20)120)94(143-96(84)86)62-24-28-68(125-43(5)105)73(32-62)130-48(10)110)87-80(136-54(16)116)38-78(134-52(14)114)85-89(99(139-57(19)119)93(144-97(85)87)61-23-27-67(124-42(4)104)72(31-61)129-47(9)109)83-76(132-50(12)112)36-69(126-44(6)106)64-35-81(137-55(17)117)91(142-95(64)83)59-21-25-65(122-40(2)102)70(29-59)127-45(7)107/h21-34,36-38,81,88-94,98-100H,35H2,1-20H3/t81-,88-,89+,90-,91-,92-,93-,94-,98-,99-,100-/m1/s1. The Morgan fingerprint density at radius 3 is 0.701 bits per heavy atom. The molecule has 8 aromatic carbocycles. The highest BCUT2D eigenvalue weighted by Crippen LogP contribution is 2.67. The molecule has 0 N–H and O–H groups in total. The van der Waals surface area contributed by atoms with Crippen LogP contribution in [-0.2, 0) is 121 Å². The Morgan fingerprint density at radius 1 is 0.201 bits per heavy atom. The van der Waals surface area contributed by atoms with Crippen molar-refractivity contribution in [2.24, 2.45) is 0 Å². The zero-order chi connectivity index (χ0) is 105. The lowest BCUT2D eigenvalue weighted by Gasteiger charge is -2.46. The fourth-order valence-corrected chi connectivity index (χ4v) is 17.0. The van der Waals surface area contributed by atoms with Gasteiger partial charge in [0.05, 0.1) is 17.8 Å². The molecule has 44 heteroatoms. The number of esters is 20. The summed E-state index contributed by atoms with van der Waals surface area (Å²) in [6, 6.07) is 18.2. The van der Waals surface area contributed by atoms with Crippen LogP contribution in [0.1, 0.15) is 242 Å². The van der Waals surface area contributed by atoms with Gasteiger partial charge < -0.3 is 114 Å². The van der Waals surface area contributed by atoms with Crippen molar-refractivity contribution in [2.45, 2.75) is 211 Å². The van der Waals surface area contributed by atoms with Crippen molar-refractivity contribution in [3.63, 3.8) is 0 Å². The highest BCUT2D eigenvalue weighted by atomic mass is 16.6. The summed E-state index contributed by atoms with van der Waals surface area (Å²) in [6.45, 7) is 18.7. The van der Waals surface area contributed by atoms with E-state index in [2.05, 4.69) is 0 Å². The van der Waals surface area contributed by atoms with Crippen LogP contribution < -0.4 is 94.7 Å². The Bertz CT molecular complexity index is 6750. The molecule has 0 spiro atoms. The lowest BCUT2D eigenvalue weighted by atomic mass is 9.71. The maximum absolute atomic E-state index is 15.2. The van der Waals surface area contributed by atoms with Gasteiger partial charge in [-0.3, -0.25) is 95.9 Å². The summed E-state index contributed by atoms with van der Waals surface area (Å²) < 4.78 is 149. The van der Waals surface area contributed by atoms with Gasteiger partial charge in [-0.15, -0.1) is 0 Å². The first kappa shape index (κ1) is 105. The normalized spacial score (nSPS) is 18.0. The molecule has 0 saturated heterocycles. The molecular formula is C100H90O44. The molecule has 0 saturated carbocycles. The van der Waals surface area contributed by atoms with Gasteiger partial charge in [0, 0.05) is 236 Å². The van der Waals surface area contributed by atoms with Gasteiger partial charge in [0.25, 0.3) is 0 Å². The topological polar surface area (TPSA) is 563 Å². The summed E-state index contributed by atoms with van der Waals surface area (Å²) in [7, 11) is 0. The molecule has 0 fully saturated rings. The second-order valence-corrected chi connectivity index (χ2v) is 32.5. The number of hydrogen-bond acceptors (Lipinski definition) is 44. The smallest absolute Gasteiger partial charge is 0.308 e. The molecule has 0 radical (unpaired) electrons. The van der Waals surface area contributed by atoms with Gasteiger partial charge in [-0.1, -0.05) is 24.3 Å². The van der Waals surface area contributed by atoms with Gasteiger partial charge in [-0.05, 0) is 48.5 Å². The Labute approximate surface area is 816 Å². The highest BCUT2D eigenvalue weighted by molar-refractivity contribution is 5.86. The molecule has 12 rings (SSSR count). The highest BCUT2D eigenvalue weighted by Gasteiger charge is 2.58. The quantitative estimate of drug-likeness (QED) is 0.0262. The molecule has 8 aromatic rings. The molecule has 0 amide bonds. The molecule has 44 nitrogen and oxygen atoms in total. The number of carbonyl (C=O) groups is 20. The van der Waals surface area contributed by atoms with E-state index >= 15 is 4.79 Å². The first-order valence-electron chi connectivity index (χ1n) is 43.5. The minimum absolute atomic E-state index is 0.125. The van der Waals surface area contributed by atoms with Crippen molar-refractivity contribution in [2.75, 3.05) is 0 Å². The van der Waals surface area contributed by atoms with E-state index in [1.165, 1.54) is 12.1 Å². The molecule has 0 bridgehead atoms. The molecule has 754 valence electrons. The zero-order valence-electron chi connectivity index (χ0n) is 80.3. The molecule has 4 heterocycles. The summed E-state index contributed by atoms with van der Waals surface area (Å²) in [5.41, 5.74) is -5.51. The lowest BCUT2D eigenvalue weighted by molar-refractivity contribution is -0.155. The van der Waals surface area contributed by atoms with E-state index in [1.807, 2.05) is 0 Å². The number of fused-ring (bicyclic) bond motifs is 4. The molecule has 144 heavy (non-hydrogen) atoms. The van der Waals surface area contributed by atoms with Gasteiger partial charge >= 0.3 is 119 Å². The average Bonchev–Trinajstić information content (AvgIpc) is 0.693. The van der Waals surface area contributed by atoms with Crippen LogP contribution in [0.2, 0.25) is 0 Å². The van der Waals surface area contributed by atoms with Gasteiger partial charge in [-0.25, -0.2) is 0 Å². The summed E-state index contributed by atoms with van der Waals surface area (Å²) in [5.74, 6) is -42.5.